The summed E-state index contributed by atoms with van der Waals surface area (Å²) in [4.78, 5) is 30.3. The number of hydrogen-bond donors (Lipinski definition) is 3. The number of nitrogens with zero attached hydrogens (tertiary/aromatic N) is 2. The minimum absolute atomic E-state index is 0.118. The Kier molecular flexibility index (Phi) is 4.69. The first-order valence-electron chi connectivity index (χ1n) is 10.9. The topological polar surface area (TPSA) is 121 Å². The minimum atomic E-state index is -3.52. The maximum absolute atomic E-state index is 13.5. The van der Waals surface area contributed by atoms with Gasteiger partial charge in [0, 0.05) is 17.3 Å². The SMILES string of the molecule is Cc1c(C2CC2)nc2c(c1NC(=O)N=S1(=O)NC(=O)c3ccc(C(C)(C)O)cc31)CCC2. The first kappa shape index (κ1) is 21.1. The maximum atomic E-state index is 13.5. The van der Waals surface area contributed by atoms with Gasteiger partial charge >= 0.3 is 6.03 Å². The van der Waals surface area contributed by atoms with Crippen molar-refractivity contribution < 1.29 is 18.9 Å². The average Bonchev–Trinajstić information content (AvgIpc) is 3.39. The zero-order valence-corrected chi connectivity index (χ0v) is 19.1. The lowest BCUT2D eigenvalue weighted by atomic mass is 9.97. The van der Waals surface area contributed by atoms with E-state index in [1.54, 1.807) is 19.9 Å². The molecule has 3 aliphatic rings. The molecule has 3 amide bonds. The average molecular weight is 455 g/mol. The van der Waals surface area contributed by atoms with Crippen molar-refractivity contribution in [2.75, 3.05) is 5.32 Å². The minimum Gasteiger partial charge on any atom is -0.386 e. The fourth-order valence-corrected chi connectivity index (χ4v) is 6.14. The molecule has 3 N–H and O–H groups in total. The molecule has 1 aromatic heterocycles. The second kappa shape index (κ2) is 7.11. The van der Waals surface area contributed by atoms with Gasteiger partial charge in [0.15, 0.2) is 9.92 Å². The number of hydrogen-bond acceptors (Lipinski definition) is 5. The monoisotopic (exact) mass is 454 g/mol. The molecule has 1 aromatic carbocycles. The van der Waals surface area contributed by atoms with Crippen LogP contribution < -0.4 is 10.0 Å². The van der Waals surface area contributed by atoms with Gasteiger partial charge in [-0.2, -0.15) is 0 Å². The van der Waals surface area contributed by atoms with Gasteiger partial charge in [0.05, 0.1) is 21.7 Å². The molecule has 8 nitrogen and oxygen atoms in total. The van der Waals surface area contributed by atoms with Gasteiger partial charge in [-0.1, -0.05) is 6.07 Å². The normalized spacial score (nSPS) is 21.7. The Morgan fingerprint density at radius 1 is 1.31 bits per heavy atom. The van der Waals surface area contributed by atoms with Crippen molar-refractivity contribution in [3.63, 3.8) is 0 Å². The Morgan fingerprint density at radius 3 is 2.75 bits per heavy atom. The van der Waals surface area contributed by atoms with Crippen LogP contribution >= 0.6 is 0 Å². The molecule has 1 saturated carbocycles. The third-order valence-corrected chi connectivity index (χ3v) is 8.19. The van der Waals surface area contributed by atoms with Gasteiger partial charge in [-0.15, -0.1) is 4.36 Å². The van der Waals surface area contributed by atoms with Gasteiger partial charge < -0.3 is 10.4 Å². The predicted molar refractivity (Wildman–Crippen MR) is 120 cm³/mol. The third-order valence-electron chi connectivity index (χ3n) is 6.37. The Balaban J connectivity index is 1.54. The number of benzene rings is 1. The van der Waals surface area contributed by atoms with Crippen molar-refractivity contribution in [3.8, 4) is 0 Å². The quantitative estimate of drug-likeness (QED) is 0.653. The number of nitrogens with one attached hydrogen (secondary N) is 2. The Bertz CT molecular complexity index is 1300. The summed E-state index contributed by atoms with van der Waals surface area (Å²) >= 11 is 0. The van der Waals surface area contributed by atoms with Gasteiger partial charge in [0.2, 0.25) is 0 Å². The molecule has 0 radical (unpaired) electrons. The molecule has 2 aromatic rings. The van der Waals surface area contributed by atoms with Crippen LogP contribution in [0.5, 0.6) is 0 Å². The van der Waals surface area contributed by atoms with E-state index in [1.807, 2.05) is 6.92 Å². The van der Waals surface area contributed by atoms with Crippen LogP contribution in [0.1, 0.15) is 77.5 Å². The van der Waals surface area contributed by atoms with E-state index in [1.165, 1.54) is 12.1 Å². The second-order valence-electron chi connectivity index (χ2n) is 9.30. The van der Waals surface area contributed by atoms with Crippen molar-refractivity contribution in [1.29, 1.82) is 0 Å². The summed E-state index contributed by atoms with van der Waals surface area (Å²) in [5.41, 5.74) is 4.19. The summed E-state index contributed by atoms with van der Waals surface area (Å²) in [5.74, 6) is -0.118. The van der Waals surface area contributed by atoms with Crippen molar-refractivity contribution >= 4 is 27.5 Å². The van der Waals surface area contributed by atoms with E-state index in [0.29, 0.717) is 17.2 Å². The molecule has 32 heavy (non-hydrogen) atoms. The maximum Gasteiger partial charge on any atom is 0.355 e. The van der Waals surface area contributed by atoms with Crippen molar-refractivity contribution in [3.05, 3.63) is 51.8 Å². The lowest BCUT2D eigenvalue weighted by Crippen LogP contribution is -2.23. The van der Waals surface area contributed by atoms with E-state index >= 15 is 0 Å². The summed E-state index contributed by atoms with van der Waals surface area (Å²) in [6, 6.07) is 3.81. The van der Waals surface area contributed by atoms with E-state index in [-0.39, 0.29) is 10.5 Å². The van der Waals surface area contributed by atoms with Crippen LogP contribution in [-0.2, 0) is 28.4 Å². The largest absolute Gasteiger partial charge is 0.386 e. The molecule has 1 fully saturated rings. The molecule has 5 rings (SSSR count). The Morgan fingerprint density at radius 2 is 2.06 bits per heavy atom. The van der Waals surface area contributed by atoms with Gasteiger partial charge in [-0.25, -0.2) is 9.00 Å². The molecule has 0 bridgehead atoms. The highest BCUT2D eigenvalue weighted by atomic mass is 32.2. The molecule has 168 valence electrons. The molecule has 2 heterocycles. The standard InChI is InChI=1S/C23H26N4O4S/c1-12-19(13-7-8-13)24-17-6-4-5-15(17)20(12)25-22(29)27-32(31)18-11-14(23(2,3)30)9-10-16(18)21(28)26-32/h9-11,13,30H,4-8H2,1-3H3,(H2,24,25,26,27,28,29,31). The highest BCUT2D eigenvalue weighted by Gasteiger charge is 2.35. The van der Waals surface area contributed by atoms with E-state index < -0.39 is 27.5 Å². The number of carbonyl (C=O) groups excluding carboxylic acids is 2. The lowest BCUT2D eigenvalue weighted by molar-refractivity contribution is 0.0782. The van der Waals surface area contributed by atoms with Crippen LogP contribution in [0, 0.1) is 6.92 Å². The number of aliphatic hydroxyl groups is 1. The number of aryl methyl sites for hydroxylation is 1. The van der Waals surface area contributed by atoms with Crippen LogP contribution in [0.15, 0.2) is 27.5 Å². The predicted octanol–water partition coefficient (Wildman–Crippen LogP) is 3.70. The van der Waals surface area contributed by atoms with Crippen LogP contribution in [0.4, 0.5) is 10.5 Å². The first-order chi connectivity index (χ1) is 15.1. The van der Waals surface area contributed by atoms with Crippen molar-refractivity contribution in [2.24, 2.45) is 4.36 Å². The van der Waals surface area contributed by atoms with Crippen molar-refractivity contribution in [2.45, 2.75) is 69.3 Å². The second-order valence-corrected chi connectivity index (χ2v) is 11.2. The summed E-state index contributed by atoms with van der Waals surface area (Å²) in [5, 5.41) is 13.2. The molecular formula is C23H26N4O4S. The number of rotatable bonds is 3. The molecule has 2 aliphatic carbocycles. The number of fused-ring (bicyclic) bond motifs is 2. The Hall–Kier alpha value is -2.78. The Labute approximate surface area is 187 Å². The first-order valence-corrected chi connectivity index (χ1v) is 12.4. The van der Waals surface area contributed by atoms with Gasteiger partial charge in [0.1, 0.15) is 0 Å². The fraction of sp³-hybridized carbons (Fsp3) is 0.435. The molecule has 1 atom stereocenters. The molecule has 1 aliphatic heterocycles. The highest BCUT2D eigenvalue weighted by Crippen LogP contribution is 2.44. The highest BCUT2D eigenvalue weighted by molar-refractivity contribution is 7.93. The number of pyridine rings is 1. The van der Waals surface area contributed by atoms with Gasteiger partial charge in [-0.05, 0) is 81.7 Å². The number of amides is 3. The van der Waals surface area contributed by atoms with Crippen LogP contribution in [0.25, 0.3) is 0 Å². The van der Waals surface area contributed by atoms with Gasteiger partial charge in [-0.3, -0.25) is 14.5 Å². The van der Waals surface area contributed by atoms with Gasteiger partial charge in [0.25, 0.3) is 5.91 Å². The van der Waals surface area contributed by atoms with Crippen LogP contribution in [0.2, 0.25) is 0 Å². The summed E-state index contributed by atoms with van der Waals surface area (Å²) in [6.07, 6.45) is 4.90. The van der Waals surface area contributed by atoms with Crippen LogP contribution in [0.3, 0.4) is 0 Å². The molecule has 9 heteroatoms. The molecule has 1 unspecified atom stereocenters. The number of aromatic nitrogens is 1. The number of carbonyl (C=O) groups is 2. The zero-order valence-electron chi connectivity index (χ0n) is 18.3. The fourth-order valence-electron chi connectivity index (χ4n) is 4.50. The van der Waals surface area contributed by atoms with E-state index in [2.05, 4.69) is 14.4 Å². The van der Waals surface area contributed by atoms with E-state index in [0.717, 1.165) is 54.6 Å². The molecule has 0 saturated heterocycles. The smallest absolute Gasteiger partial charge is 0.355 e. The summed E-state index contributed by atoms with van der Waals surface area (Å²) < 4.78 is 19.8. The third kappa shape index (κ3) is 3.49. The number of urea groups is 1. The van der Waals surface area contributed by atoms with E-state index in [9.17, 15) is 18.9 Å². The number of anilines is 1. The lowest BCUT2D eigenvalue weighted by Gasteiger charge is -2.18. The summed E-state index contributed by atoms with van der Waals surface area (Å²) in [7, 11) is -3.52. The van der Waals surface area contributed by atoms with E-state index in [4.69, 9.17) is 4.98 Å². The zero-order chi connectivity index (χ0) is 22.8. The summed E-state index contributed by atoms with van der Waals surface area (Å²) in [6.45, 7) is 5.14. The molecule has 0 spiro atoms. The molecular weight excluding hydrogens is 428 g/mol. The van der Waals surface area contributed by atoms with Crippen LogP contribution in [-0.4, -0.2) is 26.2 Å². The van der Waals surface area contributed by atoms with Crippen molar-refractivity contribution in [1.82, 2.24) is 9.71 Å².